The van der Waals surface area contributed by atoms with Crippen molar-refractivity contribution in [1.82, 2.24) is 0 Å². The van der Waals surface area contributed by atoms with Gasteiger partial charge in [-0.1, -0.05) is 17.7 Å². The Morgan fingerprint density at radius 3 is 2.29 bits per heavy atom. The maximum absolute atomic E-state index is 14.1. The Hall–Kier alpha value is -1.84. The molecule has 0 spiro atoms. The van der Waals surface area contributed by atoms with Gasteiger partial charge in [0.2, 0.25) is 10.0 Å². The molecule has 10 heteroatoms. The molecule has 2 N–H and O–H groups in total. The summed E-state index contributed by atoms with van der Waals surface area (Å²) < 4.78 is 65.4. The Kier molecular flexibility index (Phi) is 5.07. The molecule has 6 nitrogen and oxygen atoms in total. The minimum absolute atomic E-state index is 0.0760. The van der Waals surface area contributed by atoms with Gasteiger partial charge in [-0.15, -0.1) is 0 Å². The SMILES string of the molecule is Cc1c(Cl)cccc1NS(=O)(=O)c1ccc(NS(C)(=O)=O)cc1F. The second-order valence-electron chi connectivity index (χ2n) is 5.04. The average molecular weight is 393 g/mol. The zero-order valence-electron chi connectivity index (χ0n) is 12.7. The van der Waals surface area contributed by atoms with Crippen molar-refractivity contribution in [3.8, 4) is 0 Å². The molecule has 130 valence electrons. The maximum Gasteiger partial charge on any atom is 0.264 e. The summed E-state index contributed by atoms with van der Waals surface area (Å²) in [5.41, 5.74) is 0.645. The predicted molar refractivity (Wildman–Crippen MR) is 91.9 cm³/mol. The number of rotatable bonds is 5. The molecule has 0 atom stereocenters. The normalized spacial score (nSPS) is 12.0. The largest absolute Gasteiger partial charge is 0.284 e. The molecule has 0 aromatic heterocycles. The molecule has 0 radical (unpaired) electrons. The van der Waals surface area contributed by atoms with E-state index in [1.807, 2.05) is 0 Å². The number of sulfonamides is 2. The van der Waals surface area contributed by atoms with Crippen LogP contribution >= 0.6 is 11.6 Å². The number of halogens is 2. The van der Waals surface area contributed by atoms with Gasteiger partial charge in [0, 0.05) is 5.02 Å². The third-order valence-corrected chi connectivity index (χ3v) is 5.45. The molecule has 0 unspecified atom stereocenters. The van der Waals surface area contributed by atoms with E-state index in [1.54, 1.807) is 19.1 Å². The monoisotopic (exact) mass is 392 g/mol. The van der Waals surface area contributed by atoms with E-state index < -0.39 is 30.8 Å². The molecule has 2 aromatic carbocycles. The molecule has 0 aliphatic carbocycles. The van der Waals surface area contributed by atoms with E-state index in [4.69, 9.17) is 11.6 Å². The molecule has 2 aromatic rings. The number of benzene rings is 2. The highest BCUT2D eigenvalue weighted by molar-refractivity contribution is 7.92. The van der Waals surface area contributed by atoms with Crippen LogP contribution in [0.3, 0.4) is 0 Å². The molecule has 0 saturated heterocycles. The summed E-state index contributed by atoms with van der Waals surface area (Å²) in [5.74, 6) is -1.09. The fourth-order valence-electron chi connectivity index (χ4n) is 1.91. The quantitative estimate of drug-likeness (QED) is 0.818. The van der Waals surface area contributed by atoms with Crippen LogP contribution in [0, 0.1) is 12.7 Å². The fraction of sp³-hybridized carbons (Fsp3) is 0.143. The van der Waals surface area contributed by atoms with Gasteiger partial charge in [0.05, 0.1) is 17.6 Å². The Morgan fingerprint density at radius 1 is 1.04 bits per heavy atom. The highest BCUT2D eigenvalue weighted by Gasteiger charge is 2.21. The first-order valence-corrected chi connectivity index (χ1v) is 10.3. The lowest BCUT2D eigenvalue weighted by atomic mass is 10.2. The average Bonchev–Trinajstić information content (AvgIpc) is 2.41. The van der Waals surface area contributed by atoms with Gasteiger partial charge in [0.15, 0.2) is 0 Å². The molecular formula is C14H14ClFN2O4S2. The van der Waals surface area contributed by atoms with Gasteiger partial charge in [0.25, 0.3) is 10.0 Å². The van der Waals surface area contributed by atoms with Gasteiger partial charge in [-0.25, -0.2) is 21.2 Å². The van der Waals surface area contributed by atoms with Crippen LogP contribution in [-0.4, -0.2) is 23.1 Å². The van der Waals surface area contributed by atoms with Crippen LogP contribution in [0.5, 0.6) is 0 Å². The van der Waals surface area contributed by atoms with Gasteiger partial charge < -0.3 is 0 Å². The van der Waals surface area contributed by atoms with Crippen molar-refractivity contribution < 1.29 is 21.2 Å². The van der Waals surface area contributed by atoms with Crippen LogP contribution in [-0.2, 0) is 20.0 Å². The summed E-state index contributed by atoms with van der Waals surface area (Å²) in [4.78, 5) is -0.610. The molecule has 2 rings (SSSR count). The van der Waals surface area contributed by atoms with Crippen LogP contribution in [0.2, 0.25) is 5.02 Å². The zero-order valence-corrected chi connectivity index (χ0v) is 15.1. The lowest BCUT2D eigenvalue weighted by Crippen LogP contribution is -2.16. The van der Waals surface area contributed by atoms with Crippen LogP contribution in [0.15, 0.2) is 41.3 Å². The number of hydrogen-bond acceptors (Lipinski definition) is 4. The molecule has 0 saturated carbocycles. The first-order valence-electron chi connectivity index (χ1n) is 6.55. The second kappa shape index (κ2) is 6.58. The van der Waals surface area contributed by atoms with E-state index in [0.29, 0.717) is 10.6 Å². The molecule has 24 heavy (non-hydrogen) atoms. The van der Waals surface area contributed by atoms with Crippen LogP contribution in [0.1, 0.15) is 5.56 Å². The van der Waals surface area contributed by atoms with E-state index in [-0.39, 0.29) is 11.4 Å². The van der Waals surface area contributed by atoms with E-state index in [1.165, 1.54) is 6.07 Å². The lowest BCUT2D eigenvalue weighted by molar-refractivity contribution is 0.571. The van der Waals surface area contributed by atoms with Crippen molar-refractivity contribution in [2.24, 2.45) is 0 Å². The van der Waals surface area contributed by atoms with Gasteiger partial charge in [0.1, 0.15) is 10.7 Å². The smallest absolute Gasteiger partial charge is 0.264 e. The van der Waals surface area contributed by atoms with Crippen molar-refractivity contribution in [2.45, 2.75) is 11.8 Å². The highest BCUT2D eigenvalue weighted by atomic mass is 35.5. The molecule has 0 aliphatic rings. The van der Waals surface area contributed by atoms with E-state index in [9.17, 15) is 21.2 Å². The summed E-state index contributed by atoms with van der Waals surface area (Å²) in [6.07, 6.45) is 0.902. The Labute approximate surface area is 144 Å². The van der Waals surface area contributed by atoms with Crippen molar-refractivity contribution in [3.63, 3.8) is 0 Å². The summed E-state index contributed by atoms with van der Waals surface area (Å²) in [6.45, 7) is 1.62. The van der Waals surface area contributed by atoms with Crippen molar-refractivity contribution >= 4 is 43.0 Å². The third-order valence-electron chi connectivity index (χ3n) is 3.04. The van der Waals surface area contributed by atoms with Crippen LogP contribution < -0.4 is 9.44 Å². The number of hydrogen-bond donors (Lipinski definition) is 2. The third kappa shape index (κ3) is 4.37. The standard InChI is InChI=1S/C14H14ClFN2O4S2/c1-9-11(15)4-3-5-13(9)18-24(21,22)14-7-6-10(8-12(14)16)17-23(2,19)20/h3-8,17-18H,1-2H3. The van der Waals surface area contributed by atoms with Crippen LogP contribution in [0.25, 0.3) is 0 Å². The molecule has 0 amide bonds. The molecule has 0 aliphatic heterocycles. The zero-order chi connectivity index (χ0) is 18.1. The van der Waals surface area contributed by atoms with Gasteiger partial charge in [-0.05, 0) is 42.8 Å². The van der Waals surface area contributed by atoms with Crippen molar-refractivity contribution in [1.29, 1.82) is 0 Å². The summed E-state index contributed by atoms with van der Waals surface area (Å²) in [6, 6.07) is 7.58. The number of nitrogens with one attached hydrogen (secondary N) is 2. The first-order chi connectivity index (χ1) is 11.0. The van der Waals surface area contributed by atoms with Gasteiger partial charge in [-0.3, -0.25) is 9.44 Å². The van der Waals surface area contributed by atoms with Gasteiger partial charge in [-0.2, -0.15) is 0 Å². The van der Waals surface area contributed by atoms with E-state index in [0.717, 1.165) is 24.5 Å². The molecule has 0 heterocycles. The Balaban J connectivity index is 2.38. The first kappa shape index (κ1) is 18.5. The second-order valence-corrected chi connectivity index (χ2v) is 8.84. The van der Waals surface area contributed by atoms with Crippen molar-refractivity contribution in [3.05, 3.63) is 52.8 Å². The van der Waals surface area contributed by atoms with Gasteiger partial charge >= 0.3 is 0 Å². The van der Waals surface area contributed by atoms with Crippen molar-refractivity contribution in [2.75, 3.05) is 15.7 Å². The predicted octanol–water partition coefficient (Wildman–Crippen LogP) is 2.96. The molecule has 0 bridgehead atoms. The minimum atomic E-state index is -4.20. The summed E-state index contributed by atoms with van der Waals surface area (Å²) in [7, 11) is -7.80. The van der Waals surface area contributed by atoms with Crippen LogP contribution in [0.4, 0.5) is 15.8 Å². The molecular weight excluding hydrogens is 379 g/mol. The Morgan fingerprint density at radius 2 is 1.71 bits per heavy atom. The number of anilines is 2. The minimum Gasteiger partial charge on any atom is -0.284 e. The fourth-order valence-corrected chi connectivity index (χ4v) is 3.83. The summed E-state index contributed by atoms with van der Waals surface area (Å²) in [5, 5.41) is 0.364. The highest BCUT2D eigenvalue weighted by Crippen LogP contribution is 2.27. The Bertz CT molecular complexity index is 992. The van der Waals surface area contributed by atoms with E-state index >= 15 is 0 Å². The lowest BCUT2D eigenvalue weighted by Gasteiger charge is -2.12. The maximum atomic E-state index is 14.1. The topological polar surface area (TPSA) is 92.3 Å². The summed E-state index contributed by atoms with van der Waals surface area (Å²) >= 11 is 5.93. The molecule has 0 fully saturated rings. The van der Waals surface area contributed by atoms with E-state index in [2.05, 4.69) is 9.44 Å².